The Balaban J connectivity index is 2.02. The van der Waals surface area contributed by atoms with Crippen LogP contribution in [-0.4, -0.2) is 47.4 Å². The zero-order chi connectivity index (χ0) is 24.0. The molecule has 8 heteroatoms. The molecule has 0 saturated heterocycles. The van der Waals surface area contributed by atoms with Crippen LogP contribution in [0.25, 0.3) is 5.69 Å². The van der Waals surface area contributed by atoms with Gasteiger partial charge in [0.1, 0.15) is 0 Å². The molecule has 1 unspecified atom stereocenters. The van der Waals surface area contributed by atoms with Crippen molar-refractivity contribution in [3.05, 3.63) is 72.8 Å². The molecule has 0 bridgehead atoms. The third-order valence-electron chi connectivity index (χ3n) is 6.37. The van der Waals surface area contributed by atoms with Gasteiger partial charge in [-0.15, -0.1) is 0 Å². The van der Waals surface area contributed by atoms with E-state index in [1.54, 1.807) is 18.8 Å². The van der Waals surface area contributed by atoms with Crippen LogP contribution >= 0.6 is 12.2 Å². The van der Waals surface area contributed by atoms with Crippen LogP contribution in [0.15, 0.2) is 29.1 Å². The minimum Gasteiger partial charge on any atom is -0.494 e. The number of benzene rings is 2. The number of nitrogens with one attached hydrogen (secondary N) is 1. The van der Waals surface area contributed by atoms with E-state index < -0.39 is 11.6 Å². The lowest BCUT2D eigenvalue weighted by Gasteiger charge is -2.35. The van der Waals surface area contributed by atoms with Gasteiger partial charge in [0.15, 0.2) is 16.3 Å². The molecule has 174 valence electrons. The second kappa shape index (κ2) is 8.68. The zero-order valence-corrected chi connectivity index (χ0v) is 20.6. The minimum absolute atomic E-state index is 0.154. The summed E-state index contributed by atoms with van der Waals surface area (Å²) < 4.78 is 12.7. The molecular weight excluding hydrogens is 438 g/mol. The van der Waals surface area contributed by atoms with Crippen LogP contribution in [0.3, 0.4) is 0 Å². The first-order valence-corrected chi connectivity index (χ1v) is 11.2. The maximum atomic E-state index is 13.2. The average molecular weight is 468 g/mol. The summed E-state index contributed by atoms with van der Waals surface area (Å²) >= 11 is 5.50. The smallest absolute Gasteiger partial charge is 0.260 e. The molecule has 0 aliphatic carbocycles. The average Bonchev–Trinajstić information content (AvgIpc) is 2.75. The van der Waals surface area contributed by atoms with Gasteiger partial charge in [0.05, 0.1) is 31.5 Å². The van der Waals surface area contributed by atoms with E-state index in [1.807, 2.05) is 52.1 Å². The third kappa shape index (κ3) is 3.83. The van der Waals surface area contributed by atoms with E-state index in [0.29, 0.717) is 18.0 Å². The fourth-order valence-corrected chi connectivity index (χ4v) is 5.24. The van der Waals surface area contributed by atoms with E-state index in [2.05, 4.69) is 9.88 Å². The first kappa shape index (κ1) is 23.1. The second-order valence-corrected chi connectivity index (χ2v) is 9.01. The van der Waals surface area contributed by atoms with Gasteiger partial charge in [-0.1, -0.05) is 17.7 Å². The molecule has 33 heavy (non-hydrogen) atoms. The van der Waals surface area contributed by atoms with Crippen molar-refractivity contribution in [2.75, 3.05) is 27.8 Å². The van der Waals surface area contributed by atoms with Gasteiger partial charge in [0.25, 0.3) is 5.56 Å². The van der Waals surface area contributed by atoms with E-state index >= 15 is 0 Å². The first-order chi connectivity index (χ1) is 15.7. The summed E-state index contributed by atoms with van der Waals surface area (Å²) in [6.07, 6.45) is 0.788. The molecule has 1 aliphatic heterocycles. The third-order valence-corrected chi connectivity index (χ3v) is 6.65. The normalized spacial score (nSPS) is 15.9. The maximum Gasteiger partial charge on any atom is 0.260 e. The van der Waals surface area contributed by atoms with Crippen molar-refractivity contribution in [1.82, 2.24) is 14.5 Å². The van der Waals surface area contributed by atoms with Gasteiger partial charge in [0.2, 0.25) is 5.88 Å². The molecule has 4 rings (SSSR count). The van der Waals surface area contributed by atoms with Crippen LogP contribution in [-0.2, 0) is 6.42 Å². The van der Waals surface area contributed by atoms with Gasteiger partial charge in [0, 0.05) is 6.54 Å². The summed E-state index contributed by atoms with van der Waals surface area (Å²) in [6.45, 7) is 6.68. The minimum atomic E-state index is -0.481. The van der Waals surface area contributed by atoms with Gasteiger partial charge < -0.3 is 14.6 Å². The molecule has 0 amide bonds. The topological polar surface area (TPSA) is 79.7 Å². The van der Waals surface area contributed by atoms with Crippen molar-refractivity contribution in [1.29, 1.82) is 0 Å². The van der Waals surface area contributed by atoms with Crippen molar-refractivity contribution in [3.8, 4) is 23.1 Å². The number of fused-ring (bicyclic) bond motifs is 1. The number of nitrogens with zero attached hydrogens (tertiary/aromatic N) is 2. The number of aromatic hydroxyl groups is 1. The molecule has 2 heterocycles. The predicted octanol–water partition coefficient (Wildman–Crippen LogP) is 4.12. The Bertz CT molecular complexity index is 1340. The Kier molecular flexibility index (Phi) is 6.07. The van der Waals surface area contributed by atoms with Crippen LogP contribution in [0, 0.1) is 25.5 Å². The number of aromatic nitrogens is 2. The molecular formula is C25H29N3O4S. The number of H-pyrrole nitrogens is 1. The highest BCUT2D eigenvalue weighted by molar-refractivity contribution is 7.71. The van der Waals surface area contributed by atoms with Crippen molar-refractivity contribution >= 4 is 12.2 Å². The van der Waals surface area contributed by atoms with E-state index in [4.69, 9.17) is 21.7 Å². The first-order valence-electron chi connectivity index (χ1n) is 10.8. The van der Waals surface area contributed by atoms with E-state index in [0.717, 1.165) is 39.9 Å². The summed E-state index contributed by atoms with van der Waals surface area (Å²) in [4.78, 5) is 18.1. The SMILES string of the molecule is COc1cc2c(cc1OC)C(c1c(O)n(-c3c(C)cc(C)cc3C)c(=S)[nH]c1=O)N(C)CC2. The molecule has 1 aromatic heterocycles. The number of methoxy groups -OCH3 is 2. The Labute approximate surface area is 198 Å². The lowest BCUT2D eigenvalue weighted by atomic mass is 9.88. The summed E-state index contributed by atoms with van der Waals surface area (Å²) in [5, 5.41) is 11.5. The number of hydrogen-bond donors (Lipinski definition) is 2. The van der Waals surface area contributed by atoms with Gasteiger partial charge in [-0.25, -0.2) is 0 Å². The number of likely N-dealkylation sites (N-methyl/N-ethyl adjacent to an activating group) is 1. The monoisotopic (exact) mass is 467 g/mol. The fourth-order valence-electron chi connectivity index (χ4n) is 4.96. The Morgan fingerprint density at radius 2 is 1.67 bits per heavy atom. The zero-order valence-electron chi connectivity index (χ0n) is 19.8. The summed E-state index contributed by atoms with van der Waals surface area (Å²) in [6, 6.07) is 7.43. The highest BCUT2D eigenvalue weighted by atomic mass is 32.1. The van der Waals surface area contributed by atoms with E-state index in [1.165, 1.54) is 0 Å². The van der Waals surface area contributed by atoms with Crippen molar-refractivity contribution in [2.24, 2.45) is 0 Å². The molecule has 7 nitrogen and oxygen atoms in total. The molecule has 0 saturated carbocycles. The summed E-state index contributed by atoms with van der Waals surface area (Å²) in [5.74, 6) is 1.06. The standard InChI is InChI=1S/C25H29N3O4S/c1-13-9-14(2)21(15(3)10-13)28-24(30)20(23(29)26-25(28)33)22-17-12-19(32-6)18(31-5)11-16(17)7-8-27(22)4/h9-12,22,30H,7-8H2,1-6H3,(H,26,29,33). The van der Waals surface area contributed by atoms with E-state index in [-0.39, 0.29) is 16.2 Å². The molecule has 1 atom stereocenters. The van der Waals surface area contributed by atoms with Crippen LogP contribution in [0.1, 0.15) is 39.4 Å². The van der Waals surface area contributed by atoms with Crippen LogP contribution in [0.5, 0.6) is 17.4 Å². The Morgan fingerprint density at radius 1 is 1.06 bits per heavy atom. The number of aryl methyl sites for hydroxylation is 3. The predicted molar refractivity (Wildman–Crippen MR) is 131 cm³/mol. The van der Waals surface area contributed by atoms with Crippen LogP contribution in [0.2, 0.25) is 0 Å². The van der Waals surface area contributed by atoms with E-state index in [9.17, 15) is 9.90 Å². The van der Waals surface area contributed by atoms with Gasteiger partial charge in [-0.2, -0.15) is 0 Å². The largest absolute Gasteiger partial charge is 0.494 e. The van der Waals surface area contributed by atoms with Gasteiger partial charge in [-0.05, 0) is 80.8 Å². The lowest BCUT2D eigenvalue weighted by Crippen LogP contribution is -2.37. The van der Waals surface area contributed by atoms with Crippen LogP contribution in [0.4, 0.5) is 0 Å². The molecule has 0 fully saturated rings. The number of hydrogen-bond acceptors (Lipinski definition) is 6. The highest BCUT2D eigenvalue weighted by Crippen LogP contribution is 2.42. The highest BCUT2D eigenvalue weighted by Gasteiger charge is 2.33. The lowest BCUT2D eigenvalue weighted by molar-refractivity contribution is 0.253. The van der Waals surface area contributed by atoms with Gasteiger partial charge in [-0.3, -0.25) is 19.2 Å². The molecule has 1 aliphatic rings. The summed E-state index contributed by atoms with van der Waals surface area (Å²) in [5.41, 5.74) is 5.59. The number of rotatable bonds is 4. The second-order valence-electron chi connectivity index (χ2n) is 8.62. The van der Waals surface area contributed by atoms with Crippen molar-refractivity contribution in [3.63, 3.8) is 0 Å². The quantitative estimate of drug-likeness (QED) is 0.562. The molecule has 0 radical (unpaired) electrons. The van der Waals surface area contributed by atoms with Crippen molar-refractivity contribution < 1.29 is 14.6 Å². The van der Waals surface area contributed by atoms with Crippen molar-refractivity contribution in [2.45, 2.75) is 33.2 Å². The maximum absolute atomic E-state index is 13.2. The fraction of sp³-hybridized carbons (Fsp3) is 0.360. The molecule has 2 aromatic carbocycles. The molecule has 2 N–H and O–H groups in total. The Hall–Kier alpha value is -3.10. The number of ether oxygens (including phenoxy) is 2. The summed E-state index contributed by atoms with van der Waals surface area (Å²) in [7, 11) is 5.13. The molecule has 0 spiro atoms. The number of aromatic amines is 1. The molecule has 3 aromatic rings. The van der Waals surface area contributed by atoms with Gasteiger partial charge >= 0.3 is 0 Å². The van der Waals surface area contributed by atoms with Crippen LogP contribution < -0.4 is 15.0 Å². The Morgan fingerprint density at radius 3 is 2.27 bits per heavy atom.